The molecule has 1 N–H and O–H groups in total. The number of benzene rings is 1. The molecule has 0 aliphatic heterocycles. The third kappa shape index (κ3) is 4.45. The molecule has 15 heavy (non-hydrogen) atoms. The Bertz CT molecular complexity index is 286. The molecule has 2 heteroatoms. The lowest BCUT2D eigenvalue weighted by Crippen LogP contribution is -2.26. The highest BCUT2D eigenvalue weighted by molar-refractivity contribution is 5.25. The fourth-order valence-electron chi connectivity index (χ4n) is 1.49. The number of hydrogen-bond acceptors (Lipinski definition) is 2. The Balaban J connectivity index is 2.33. The second-order valence-electron chi connectivity index (χ2n) is 3.99. The summed E-state index contributed by atoms with van der Waals surface area (Å²) in [6.07, 6.45) is 1.06. The highest BCUT2D eigenvalue weighted by Gasteiger charge is 2.02. The molecule has 1 aromatic rings. The molecule has 1 unspecified atom stereocenters. The van der Waals surface area contributed by atoms with E-state index in [-0.39, 0.29) is 0 Å². The van der Waals surface area contributed by atoms with Crippen molar-refractivity contribution < 1.29 is 4.74 Å². The highest BCUT2D eigenvalue weighted by Crippen LogP contribution is 2.06. The summed E-state index contributed by atoms with van der Waals surface area (Å²) in [5.41, 5.74) is 2.73. The molecule has 0 fully saturated rings. The lowest BCUT2D eigenvalue weighted by Gasteiger charge is -2.14. The van der Waals surface area contributed by atoms with Crippen LogP contribution in [-0.2, 0) is 11.3 Å². The first kappa shape index (κ1) is 12.2. The van der Waals surface area contributed by atoms with Crippen molar-refractivity contribution in [3.8, 4) is 0 Å². The molecule has 0 bridgehead atoms. The van der Waals surface area contributed by atoms with Gasteiger partial charge in [-0.2, -0.15) is 0 Å². The molecule has 1 aromatic carbocycles. The first-order chi connectivity index (χ1) is 7.24. The monoisotopic (exact) mass is 207 g/mol. The van der Waals surface area contributed by atoms with E-state index >= 15 is 0 Å². The second kappa shape index (κ2) is 6.59. The second-order valence-corrected chi connectivity index (χ2v) is 3.99. The molecule has 0 saturated carbocycles. The van der Waals surface area contributed by atoms with Crippen molar-refractivity contribution in [1.82, 2.24) is 5.32 Å². The molecule has 1 rings (SSSR count). The van der Waals surface area contributed by atoms with Gasteiger partial charge in [0.05, 0.1) is 0 Å². The fourth-order valence-corrected chi connectivity index (χ4v) is 1.49. The summed E-state index contributed by atoms with van der Waals surface area (Å²) in [4.78, 5) is 0. The molecule has 0 radical (unpaired) electrons. The summed E-state index contributed by atoms with van der Waals surface area (Å²) in [5.74, 6) is 0. The topological polar surface area (TPSA) is 21.3 Å². The zero-order valence-electron chi connectivity index (χ0n) is 9.92. The van der Waals surface area contributed by atoms with Gasteiger partial charge in [0.15, 0.2) is 0 Å². The summed E-state index contributed by atoms with van der Waals surface area (Å²) in [5, 5.41) is 3.49. The molecule has 0 amide bonds. The quantitative estimate of drug-likeness (QED) is 0.774. The van der Waals surface area contributed by atoms with E-state index < -0.39 is 0 Å². The third-order valence-corrected chi connectivity index (χ3v) is 2.66. The van der Waals surface area contributed by atoms with Gasteiger partial charge in [0, 0.05) is 26.3 Å². The van der Waals surface area contributed by atoms with E-state index in [4.69, 9.17) is 4.74 Å². The predicted molar refractivity (Wildman–Crippen MR) is 64.0 cm³/mol. The molecule has 84 valence electrons. The van der Waals surface area contributed by atoms with E-state index in [2.05, 4.69) is 43.4 Å². The van der Waals surface area contributed by atoms with Crippen LogP contribution in [0, 0.1) is 6.92 Å². The number of nitrogens with one attached hydrogen (secondary N) is 1. The first-order valence-corrected chi connectivity index (χ1v) is 5.51. The molecule has 0 aliphatic carbocycles. The van der Waals surface area contributed by atoms with Gasteiger partial charge in [0.1, 0.15) is 0 Å². The molecular formula is C13H21NO. The molecule has 0 aromatic heterocycles. The molecule has 0 saturated heterocycles. The van der Waals surface area contributed by atoms with Crippen LogP contribution in [0.15, 0.2) is 24.3 Å². The minimum atomic E-state index is 0.504. The van der Waals surface area contributed by atoms with Gasteiger partial charge in [-0.15, -0.1) is 0 Å². The molecular weight excluding hydrogens is 186 g/mol. The normalized spacial score (nSPS) is 12.7. The van der Waals surface area contributed by atoms with Crippen LogP contribution in [0.1, 0.15) is 24.5 Å². The molecule has 0 aliphatic rings. The average Bonchev–Trinajstić information content (AvgIpc) is 2.25. The largest absolute Gasteiger partial charge is 0.385 e. The third-order valence-electron chi connectivity index (χ3n) is 2.66. The van der Waals surface area contributed by atoms with E-state index in [1.54, 1.807) is 7.11 Å². The summed E-state index contributed by atoms with van der Waals surface area (Å²) in [6.45, 7) is 6.10. The van der Waals surface area contributed by atoms with Gasteiger partial charge in [-0.3, -0.25) is 0 Å². The molecule has 0 spiro atoms. The summed E-state index contributed by atoms with van der Waals surface area (Å²) < 4.78 is 5.05. The zero-order valence-corrected chi connectivity index (χ0v) is 9.92. The van der Waals surface area contributed by atoms with Crippen LogP contribution in [0.2, 0.25) is 0 Å². The molecule has 1 atom stereocenters. The Kier molecular flexibility index (Phi) is 5.37. The van der Waals surface area contributed by atoms with Gasteiger partial charge >= 0.3 is 0 Å². The van der Waals surface area contributed by atoms with Crippen molar-refractivity contribution in [2.24, 2.45) is 0 Å². The van der Waals surface area contributed by atoms with Crippen LogP contribution in [0.25, 0.3) is 0 Å². The summed E-state index contributed by atoms with van der Waals surface area (Å²) >= 11 is 0. The van der Waals surface area contributed by atoms with E-state index in [1.165, 1.54) is 11.1 Å². The van der Waals surface area contributed by atoms with Gasteiger partial charge in [-0.25, -0.2) is 0 Å². The predicted octanol–water partition coefficient (Wildman–Crippen LogP) is 2.51. The van der Waals surface area contributed by atoms with Crippen LogP contribution >= 0.6 is 0 Å². The molecule has 2 nitrogen and oxygen atoms in total. The first-order valence-electron chi connectivity index (χ1n) is 5.51. The van der Waals surface area contributed by atoms with E-state index in [0.717, 1.165) is 19.6 Å². The van der Waals surface area contributed by atoms with Gasteiger partial charge in [-0.05, 0) is 31.4 Å². The lowest BCUT2D eigenvalue weighted by molar-refractivity contribution is 0.184. The minimum absolute atomic E-state index is 0.504. The van der Waals surface area contributed by atoms with Crippen molar-refractivity contribution in [2.75, 3.05) is 13.7 Å². The minimum Gasteiger partial charge on any atom is -0.385 e. The van der Waals surface area contributed by atoms with E-state index in [1.807, 2.05) is 0 Å². The maximum absolute atomic E-state index is 5.05. The number of aryl methyl sites for hydroxylation is 1. The fraction of sp³-hybridized carbons (Fsp3) is 0.538. The Labute approximate surface area is 92.6 Å². The van der Waals surface area contributed by atoms with Crippen LogP contribution in [0.3, 0.4) is 0 Å². The van der Waals surface area contributed by atoms with Crippen molar-refractivity contribution in [1.29, 1.82) is 0 Å². The SMILES string of the molecule is COCCC(C)NCc1ccccc1C. The zero-order chi connectivity index (χ0) is 11.1. The maximum Gasteiger partial charge on any atom is 0.0476 e. The smallest absolute Gasteiger partial charge is 0.0476 e. The van der Waals surface area contributed by atoms with Crippen molar-refractivity contribution in [2.45, 2.75) is 32.9 Å². The van der Waals surface area contributed by atoms with Crippen LogP contribution in [-0.4, -0.2) is 19.8 Å². The molecule has 0 heterocycles. The highest BCUT2D eigenvalue weighted by atomic mass is 16.5. The number of hydrogen-bond donors (Lipinski definition) is 1. The van der Waals surface area contributed by atoms with Crippen LogP contribution in [0.5, 0.6) is 0 Å². The number of rotatable bonds is 6. The van der Waals surface area contributed by atoms with Crippen molar-refractivity contribution in [3.05, 3.63) is 35.4 Å². The standard InChI is InChI=1S/C13H21NO/c1-11-6-4-5-7-13(11)10-14-12(2)8-9-15-3/h4-7,12,14H,8-10H2,1-3H3. The lowest BCUT2D eigenvalue weighted by atomic mass is 10.1. The van der Waals surface area contributed by atoms with Gasteiger partial charge in [0.25, 0.3) is 0 Å². The van der Waals surface area contributed by atoms with Crippen LogP contribution in [0.4, 0.5) is 0 Å². The Morgan fingerprint density at radius 2 is 2.07 bits per heavy atom. The number of ether oxygens (including phenoxy) is 1. The number of methoxy groups -OCH3 is 1. The average molecular weight is 207 g/mol. The Morgan fingerprint density at radius 1 is 1.33 bits per heavy atom. The Hall–Kier alpha value is -0.860. The van der Waals surface area contributed by atoms with Crippen molar-refractivity contribution in [3.63, 3.8) is 0 Å². The van der Waals surface area contributed by atoms with Crippen LogP contribution < -0.4 is 5.32 Å². The van der Waals surface area contributed by atoms with Crippen molar-refractivity contribution >= 4 is 0 Å². The maximum atomic E-state index is 5.05. The Morgan fingerprint density at radius 3 is 2.73 bits per heavy atom. The summed E-state index contributed by atoms with van der Waals surface area (Å²) in [7, 11) is 1.74. The van der Waals surface area contributed by atoms with Gasteiger partial charge in [-0.1, -0.05) is 24.3 Å². The van der Waals surface area contributed by atoms with Gasteiger partial charge in [0.2, 0.25) is 0 Å². The van der Waals surface area contributed by atoms with Gasteiger partial charge < -0.3 is 10.1 Å². The van der Waals surface area contributed by atoms with E-state index in [9.17, 15) is 0 Å². The van der Waals surface area contributed by atoms with E-state index in [0.29, 0.717) is 6.04 Å². The summed E-state index contributed by atoms with van der Waals surface area (Å²) in [6, 6.07) is 8.99.